The van der Waals surface area contributed by atoms with E-state index in [9.17, 15) is 4.79 Å². The minimum Gasteiger partial charge on any atom is -0.466 e. The van der Waals surface area contributed by atoms with Crippen molar-refractivity contribution in [1.82, 2.24) is 0 Å². The van der Waals surface area contributed by atoms with Crippen molar-refractivity contribution in [3.8, 4) is 0 Å². The van der Waals surface area contributed by atoms with E-state index in [-0.39, 0.29) is 12.1 Å². The highest BCUT2D eigenvalue weighted by atomic mass is 16.5. The van der Waals surface area contributed by atoms with Crippen molar-refractivity contribution in [3.63, 3.8) is 0 Å². The van der Waals surface area contributed by atoms with Gasteiger partial charge in [-0.1, -0.05) is 74.5 Å². The van der Waals surface area contributed by atoms with Crippen molar-refractivity contribution >= 4 is 5.97 Å². The van der Waals surface area contributed by atoms with E-state index >= 15 is 0 Å². The fraction of sp³-hybridized carbons (Fsp3) is 0.400. The van der Waals surface area contributed by atoms with Crippen LogP contribution in [0.4, 0.5) is 0 Å². The first-order valence-electron chi connectivity index (χ1n) is 9.95. The third kappa shape index (κ3) is 6.97. The molecule has 2 aromatic carbocycles. The summed E-state index contributed by atoms with van der Waals surface area (Å²) in [6.07, 6.45) is 3.69. The number of hydrogen-bond donors (Lipinski definition) is 0. The molecule has 0 spiro atoms. The van der Waals surface area contributed by atoms with Crippen LogP contribution in [0, 0.1) is 11.8 Å². The standard InChI is InChI=1S/C25H32O3/c1-19(2)23(17-21-11-7-5-8-12-21)24(18-22-13-9-6-10-14-22)28-16-15-20(3)25(26)27-4/h5-15,19,23-24H,16-18H2,1-4H3/t23-,24+/m0/s1. The molecular formula is C25H32O3. The van der Waals surface area contributed by atoms with Gasteiger partial charge in [-0.3, -0.25) is 0 Å². The molecule has 3 heteroatoms. The van der Waals surface area contributed by atoms with Crippen LogP contribution in [0.1, 0.15) is 31.9 Å². The molecule has 0 radical (unpaired) electrons. The molecule has 2 atom stereocenters. The molecule has 150 valence electrons. The van der Waals surface area contributed by atoms with E-state index in [4.69, 9.17) is 9.47 Å². The van der Waals surface area contributed by atoms with Crippen LogP contribution in [0.2, 0.25) is 0 Å². The molecule has 2 rings (SSSR count). The zero-order valence-electron chi connectivity index (χ0n) is 17.4. The van der Waals surface area contributed by atoms with Crippen LogP contribution >= 0.6 is 0 Å². The van der Waals surface area contributed by atoms with E-state index < -0.39 is 0 Å². The second-order valence-corrected chi connectivity index (χ2v) is 7.54. The Kier molecular flexibility index (Phi) is 8.96. The maximum atomic E-state index is 11.6. The van der Waals surface area contributed by atoms with Gasteiger partial charge in [-0.05, 0) is 48.8 Å². The van der Waals surface area contributed by atoms with Crippen LogP contribution < -0.4 is 0 Å². The van der Waals surface area contributed by atoms with Crippen molar-refractivity contribution in [2.75, 3.05) is 13.7 Å². The van der Waals surface area contributed by atoms with Crippen molar-refractivity contribution in [2.24, 2.45) is 11.8 Å². The zero-order chi connectivity index (χ0) is 20.4. The van der Waals surface area contributed by atoms with Gasteiger partial charge in [0.25, 0.3) is 0 Å². The maximum absolute atomic E-state index is 11.6. The monoisotopic (exact) mass is 380 g/mol. The summed E-state index contributed by atoms with van der Waals surface area (Å²) < 4.78 is 11.1. The minimum absolute atomic E-state index is 0.0595. The van der Waals surface area contributed by atoms with E-state index in [1.165, 1.54) is 18.2 Å². The number of hydrogen-bond acceptors (Lipinski definition) is 3. The van der Waals surface area contributed by atoms with Crippen LogP contribution in [0.3, 0.4) is 0 Å². The Morgan fingerprint density at radius 2 is 1.46 bits per heavy atom. The van der Waals surface area contributed by atoms with Crippen LogP contribution in [0.25, 0.3) is 0 Å². The molecule has 0 saturated heterocycles. The number of rotatable bonds is 10. The fourth-order valence-electron chi connectivity index (χ4n) is 3.40. The van der Waals surface area contributed by atoms with E-state index in [2.05, 4.69) is 62.4 Å². The lowest BCUT2D eigenvalue weighted by Gasteiger charge is -2.30. The average Bonchev–Trinajstić information content (AvgIpc) is 2.72. The summed E-state index contributed by atoms with van der Waals surface area (Å²) in [7, 11) is 1.40. The quantitative estimate of drug-likeness (QED) is 0.417. The number of methoxy groups -OCH3 is 1. The van der Waals surface area contributed by atoms with Crippen molar-refractivity contribution in [3.05, 3.63) is 83.4 Å². The number of esters is 1. The number of carbonyl (C=O) groups excluding carboxylic acids is 1. The van der Waals surface area contributed by atoms with E-state index in [0.29, 0.717) is 24.0 Å². The normalized spacial score (nSPS) is 14.0. The van der Waals surface area contributed by atoms with Crippen molar-refractivity contribution in [1.29, 1.82) is 0 Å². The Hall–Kier alpha value is -2.39. The van der Waals surface area contributed by atoms with Gasteiger partial charge in [0.05, 0.1) is 19.8 Å². The first-order chi connectivity index (χ1) is 13.5. The predicted molar refractivity (Wildman–Crippen MR) is 114 cm³/mol. The molecule has 0 aliphatic heterocycles. The summed E-state index contributed by atoms with van der Waals surface area (Å²) in [6.45, 7) is 6.66. The highest BCUT2D eigenvalue weighted by molar-refractivity contribution is 5.87. The van der Waals surface area contributed by atoms with Gasteiger partial charge in [0.2, 0.25) is 0 Å². The van der Waals surface area contributed by atoms with Gasteiger partial charge in [0.15, 0.2) is 0 Å². The first-order valence-corrected chi connectivity index (χ1v) is 9.95. The lowest BCUT2D eigenvalue weighted by Crippen LogP contribution is -2.32. The average molecular weight is 381 g/mol. The third-order valence-electron chi connectivity index (χ3n) is 5.13. The Bertz CT molecular complexity index is 735. The molecule has 0 heterocycles. The molecular weight excluding hydrogens is 348 g/mol. The number of benzene rings is 2. The molecule has 0 aliphatic carbocycles. The largest absolute Gasteiger partial charge is 0.466 e. The van der Waals surface area contributed by atoms with Crippen LogP contribution in [0.15, 0.2) is 72.3 Å². The molecule has 0 saturated carbocycles. The predicted octanol–water partition coefficient (Wildman–Crippen LogP) is 5.25. The third-order valence-corrected chi connectivity index (χ3v) is 5.13. The lowest BCUT2D eigenvalue weighted by atomic mass is 9.82. The Labute approximate surface area is 169 Å². The van der Waals surface area contributed by atoms with Gasteiger partial charge in [-0.2, -0.15) is 0 Å². The minimum atomic E-state index is -0.312. The summed E-state index contributed by atoms with van der Waals surface area (Å²) in [5, 5.41) is 0. The topological polar surface area (TPSA) is 35.5 Å². The molecule has 0 aliphatic rings. The van der Waals surface area contributed by atoms with E-state index in [0.717, 1.165) is 12.8 Å². The molecule has 0 N–H and O–H groups in total. The van der Waals surface area contributed by atoms with Crippen LogP contribution in [-0.2, 0) is 27.1 Å². The smallest absolute Gasteiger partial charge is 0.333 e. The molecule has 2 aromatic rings. The van der Waals surface area contributed by atoms with Crippen LogP contribution in [-0.4, -0.2) is 25.8 Å². The molecule has 0 fully saturated rings. The Balaban J connectivity index is 2.17. The molecule has 0 amide bonds. The first kappa shape index (κ1) is 21.9. The highest BCUT2D eigenvalue weighted by Gasteiger charge is 2.26. The van der Waals surface area contributed by atoms with Crippen LogP contribution in [0.5, 0.6) is 0 Å². The lowest BCUT2D eigenvalue weighted by molar-refractivity contribution is -0.136. The van der Waals surface area contributed by atoms with Gasteiger partial charge in [0, 0.05) is 5.57 Å². The maximum Gasteiger partial charge on any atom is 0.333 e. The van der Waals surface area contributed by atoms with Gasteiger partial charge < -0.3 is 9.47 Å². The number of ether oxygens (including phenoxy) is 2. The van der Waals surface area contributed by atoms with Gasteiger partial charge in [-0.25, -0.2) is 4.79 Å². The molecule has 28 heavy (non-hydrogen) atoms. The van der Waals surface area contributed by atoms with Crippen molar-refractivity contribution in [2.45, 2.75) is 39.7 Å². The molecule has 0 unspecified atom stereocenters. The second kappa shape index (κ2) is 11.5. The van der Waals surface area contributed by atoms with E-state index in [1.54, 1.807) is 6.92 Å². The molecule has 0 aromatic heterocycles. The summed E-state index contributed by atoms with van der Waals surface area (Å²) in [4.78, 5) is 11.6. The Morgan fingerprint density at radius 1 is 0.929 bits per heavy atom. The van der Waals surface area contributed by atoms with Gasteiger partial charge >= 0.3 is 5.97 Å². The second-order valence-electron chi connectivity index (χ2n) is 7.54. The zero-order valence-corrected chi connectivity index (χ0v) is 17.4. The molecule has 3 nitrogen and oxygen atoms in total. The number of carbonyl (C=O) groups is 1. The summed E-state index contributed by atoms with van der Waals surface area (Å²) in [6, 6.07) is 21.0. The van der Waals surface area contributed by atoms with Gasteiger partial charge in [-0.15, -0.1) is 0 Å². The van der Waals surface area contributed by atoms with E-state index in [1.807, 2.05) is 18.2 Å². The SMILES string of the molecule is COC(=O)C(C)=CCO[C@H](Cc1ccccc1)[C@@H](Cc1ccccc1)C(C)C. The fourth-order valence-corrected chi connectivity index (χ4v) is 3.40. The van der Waals surface area contributed by atoms with Crippen molar-refractivity contribution < 1.29 is 14.3 Å². The summed E-state index contributed by atoms with van der Waals surface area (Å²) in [5.74, 6) is 0.530. The summed E-state index contributed by atoms with van der Waals surface area (Å²) >= 11 is 0. The Morgan fingerprint density at radius 3 is 1.96 bits per heavy atom. The highest BCUT2D eigenvalue weighted by Crippen LogP contribution is 2.26. The van der Waals surface area contributed by atoms with Gasteiger partial charge in [0.1, 0.15) is 0 Å². The summed E-state index contributed by atoms with van der Waals surface area (Å²) in [5.41, 5.74) is 3.16. The molecule has 0 bridgehead atoms.